The second kappa shape index (κ2) is 19.1. The number of terminal acetylenes is 1. The minimum absolute atomic E-state index is 0.165. The van der Waals surface area contributed by atoms with Crippen LogP contribution in [0.15, 0.2) is 118 Å². The van der Waals surface area contributed by atoms with Crippen molar-refractivity contribution in [2.75, 3.05) is 0 Å². The van der Waals surface area contributed by atoms with E-state index in [1.165, 1.54) is 39.0 Å². The molecule has 0 spiro atoms. The fourth-order valence-corrected chi connectivity index (χ4v) is 5.23. The normalized spacial score (nSPS) is 21.9. The van der Waals surface area contributed by atoms with Gasteiger partial charge in [-0.05, 0) is 106 Å². The molecule has 0 fully saturated rings. The van der Waals surface area contributed by atoms with Crippen LogP contribution in [0.1, 0.15) is 107 Å². The van der Waals surface area contributed by atoms with E-state index in [9.17, 15) is 0 Å². The Labute approximate surface area is 248 Å². The summed E-state index contributed by atoms with van der Waals surface area (Å²) >= 11 is 0. The first-order valence-corrected chi connectivity index (χ1v) is 15.1. The highest BCUT2D eigenvalue weighted by molar-refractivity contribution is 5.29. The topological polar surface area (TPSA) is 0 Å². The minimum atomic E-state index is 0.165. The molecule has 1 rings (SSSR count). The zero-order valence-corrected chi connectivity index (χ0v) is 27.1. The highest BCUT2D eigenvalue weighted by Gasteiger charge is 2.35. The molecule has 0 heterocycles. The van der Waals surface area contributed by atoms with Crippen LogP contribution in [0.2, 0.25) is 0 Å². The molecule has 216 valence electrons. The standard InChI is InChI=1S/C40H56/c1-11-39-38(9)29-18-30-40(39,10)31-37(8)28-17-27-34(5)21-13-12-20-33(4)23-15-25-36(7)26-16-24-35(6)22-14-19-32(2)3/h1,15-17,19-21,23-29,39H,12-14,18,22,30-31H2,2-10H3/b23-15+,26-16+,27-17+,33-20+,34-21+,35-24+,36-25+,37-28+. The molecule has 0 aromatic heterocycles. The first-order chi connectivity index (χ1) is 19.0. The third-order valence-corrected chi connectivity index (χ3v) is 7.57. The third kappa shape index (κ3) is 14.9. The lowest BCUT2D eigenvalue weighted by Crippen LogP contribution is -2.30. The number of hydrogen-bond donors (Lipinski definition) is 0. The third-order valence-electron chi connectivity index (χ3n) is 7.57. The van der Waals surface area contributed by atoms with Crippen molar-refractivity contribution < 1.29 is 0 Å². The van der Waals surface area contributed by atoms with E-state index in [4.69, 9.17) is 6.42 Å². The molecule has 40 heavy (non-hydrogen) atoms. The Kier molecular flexibility index (Phi) is 16.7. The molecule has 0 heteroatoms. The lowest BCUT2D eigenvalue weighted by Gasteiger charge is -2.39. The molecule has 1 aliphatic carbocycles. The van der Waals surface area contributed by atoms with Gasteiger partial charge in [0.25, 0.3) is 0 Å². The van der Waals surface area contributed by atoms with Gasteiger partial charge in [0.15, 0.2) is 0 Å². The van der Waals surface area contributed by atoms with E-state index in [0.29, 0.717) is 0 Å². The second-order valence-electron chi connectivity index (χ2n) is 12.2. The average Bonchev–Trinajstić information content (AvgIpc) is 2.86. The maximum Gasteiger partial charge on any atom is 0.0463 e. The van der Waals surface area contributed by atoms with Gasteiger partial charge in [0.2, 0.25) is 0 Å². The largest absolute Gasteiger partial charge is 0.119 e. The molecule has 0 radical (unpaired) electrons. The summed E-state index contributed by atoms with van der Waals surface area (Å²) in [5.74, 6) is 3.30. The highest BCUT2D eigenvalue weighted by atomic mass is 14.4. The van der Waals surface area contributed by atoms with E-state index in [2.05, 4.69) is 147 Å². The summed E-state index contributed by atoms with van der Waals surface area (Å²) in [6, 6.07) is 0. The van der Waals surface area contributed by atoms with Gasteiger partial charge < -0.3 is 0 Å². The minimum Gasteiger partial charge on any atom is -0.119 e. The van der Waals surface area contributed by atoms with Gasteiger partial charge >= 0.3 is 0 Å². The zero-order chi connectivity index (χ0) is 30.0. The summed E-state index contributed by atoms with van der Waals surface area (Å²) < 4.78 is 0. The molecule has 0 bridgehead atoms. The van der Waals surface area contributed by atoms with Gasteiger partial charge in [-0.25, -0.2) is 0 Å². The van der Waals surface area contributed by atoms with Gasteiger partial charge in [-0.1, -0.05) is 131 Å². The summed E-state index contributed by atoms with van der Waals surface area (Å²) in [7, 11) is 0. The SMILES string of the molecule is C#CC1C(C)=CCCC1(C)C/C(C)=C/C=C/C(C)=C/CC/C=C(C)/C=C/C=C(C)/C=C/C=C(\C)CCC=C(C)C. The average molecular weight is 537 g/mol. The molecule has 0 aromatic rings. The van der Waals surface area contributed by atoms with Crippen LogP contribution in [-0.4, -0.2) is 0 Å². The van der Waals surface area contributed by atoms with Gasteiger partial charge in [-0.15, -0.1) is 6.42 Å². The van der Waals surface area contributed by atoms with Crippen molar-refractivity contribution in [3.05, 3.63) is 118 Å². The lowest BCUT2D eigenvalue weighted by atomic mass is 9.65. The molecule has 0 saturated heterocycles. The maximum atomic E-state index is 5.89. The fraction of sp³-hybridized carbons (Fsp3) is 0.450. The van der Waals surface area contributed by atoms with E-state index in [1.54, 1.807) is 0 Å². The van der Waals surface area contributed by atoms with E-state index in [1.807, 2.05) is 0 Å². The van der Waals surface area contributed by atoms with E-state index >= 15 is 0 Å². The van der Waals surface area contributed by atoms with Crippen LogP contribution in [0.5, 0.6) is 0 Å². The van der Waals surface area contributed by atoms with Crippen molar-refractivity contribution in [3.63, 3.8) is 0 Å². The van der Waals surface area contributed by atoms with Crippen molar-refractivity contribution in [1.82, 2.24) is 0 Å². The van der Waals surface area contributed by atoms with E-state index in [-0.39, 0.29) is 11.3 Å². The first-order valence-electron chi connectivity index (χ1n) is 15.1. The first kappa shape index (κ1) is 35.0. The fourth-order valence-electron chi connectivity index (χ4n) is 5.23. The van der Waals surface area contributed by atoms with Crippen LogP contribution >= 0.6 is 0 Å². The van der Waals surface area contributed by atoms with E-state index < -0.39 is 0 Å². The molecule has 0 nitrogen and oxygen atoms in total. The smallest absolute Gasteiger partial charge is 0.0463 e. The summed E-state index contributed by atoms with van der Waals surface area (Å²) in [6.07, 6.45) is 42.6. The highest BCUT2D eigenvalue weighted by Crippen LogP contribution is 2.45. The van der Waals surface area contributed by atoms with E-state index in [0.717, 1.165) is 44.9 Å². The molecular formula is C40H56. The Morgan fingerprint density at radius 1 is 0.800 bits per heavy atom. The predicted octanol–water partition coefficient (Wildman–Crippen LogP) is 12.3. The van der Waals surface area contributed by atoms with Crippen molar-refractivity contribution >= 4 is 0 Å². The van der Waals surface area contributed by atoms with Crippen molar-refractivity contribution in [3.8, 4) is 12.3 Å². The van der Waals surface area contributed by atoms with Crippen LogP contribution < -0.4 is 0 Å². The molecular weight excluding hydrogens is 480 g/mol. The van der Waals surface area contributed by atoms with Gasteiger partial charge in [0.1, 0.15) is 0 Å². The van der Waals surface area contributed by atoms with Crippen LogP contribution in [-0.2, 0) is 0 Å². The van der Waals surface area contributed by atoms with Crippen LogP contribution in [0, 0.1) is 23.7 Å². The number of rotatable bonds is 14. The van der Waals surface area contributed by atoms with Crippen molar-refractivity contribution in [2.45, 2.75) is 107 Å². The molecule has 2 unspecified atom stereocenters. The lowest BCUT2D eigenvalue weighted by molar-refractivity contribution is 0.228. The van der Waals surface area contributed by atoms with Crippen LogP contribution in [0.3, 0.4) is 0 Å². The number of unbranched alkanes of at least 4 members (excludes halogenated alkanes) is 1. The quantitative estimate of drug-likeness (QED) is 0.0896. The Morgan fingerprint density at radius 3 is 1.93 bits per heavy atom. The molecule has 2 atom stereocenters. The maximum absolute atomic E-state index is 5.89. The summed E-state index contributed by atoms with van der Waals surface area (Å²) in [5.41, 5.74) is 9.59. The Bertz CT molecular complexity index is 1150. The number of hydrogen-bond acceptors (Lipinski definition) is 0. The van der Waals surface area contributed by atoms with Gasteiger partial charge in [0.05, 0.1) is 0 Å². The Balaban J connectivity index is 2.50. The zero-order valence-electron chi connectivity index (χ0n) is 27.1. The molecule has 0 N–H and O–H groups in total. The predicted molar refractivity (Wildman–Crippen MR) is 182 cm³/mol. The summed E-state index contributed by atoms with van der Waals surface area (Å²) in [6.45, 7) is 19.8. The molecule has 0 saturated carbocycles. The van der Waals surface area contributed by atoms with Gasteiger partial charge in [0, 0.05) is 5.92 Å². The molecule has 0 aromatic carbocycles. The summed E-state index contributed by atoms with van der Waals surface area (Å²) in [4.78, 5) is 0. The molecule has 0 aliphatic heterocycles. The van der Waals surface area contributed by atoms with Gasteiger partial charge in [-0.2, -0.15) is 0 Å². The monoisotopic (exact) mass is 536 g/mol. The van der Waals surface area contributed by atoms with Crippen LogP contribution in [0.4, 0.5) is 0 Å². The molecule has 1 aliphatic rings. The molecule has 0 amide bonds. The second-order valence-corrected chi connectivity index (χ2v) is 12.2. The van der Waals surface area contributed by atoms with Crippen LogP contribution in [0.25, 0.3) is 0 Å². The Morgan fingerprint density at radius 2 is 1.35 bits per heavy atom. The van der Waals surface area contributed by atoms with Gasteiger partial charge in [-0.3, -0.25) is 0 Å². The number of allylic oxidation sites excluding steroid dienone is 20. The Hall–Kier alpha value is -3.04. The summed E-state index contributed by atoms with van der Waals surface area (Å²) in [5, 5.41) is 0. The van der Waals surface area contributed by atoms with Crippen molar-refractivity contribution in [2.24, 2.45) is 11.3 Å². The van der Waals surface area contributed by atoms with Crippen molar-refractivity contribution in [1.29, 1.82) is 0 Å².